The van der Waals surface area contributed by atoms with Gasteiger partial charge < -0.3 is 10.2 Å². The van der Waals surface area contributed by atoms with Gasteiger partial charge >= 0.3 is 0 Å². The molecule has 15 heavy (non-hydrogen) atoms. The van der Waals surface area contributed by atoms with Crippen LogP contribution in [0.25, 0.3) is 0 Å². The second kappa shape index (κ2) is 5.26. The molecule has 88 valence electrons. The van der Waals surface area contributed by atoms with E-state index in [4.69, 9.17) is 0 Å². The molecule has 0 amide bonds. The van der Waals surface area contributed by atoms with Crippen molar-refractivity contribution in [3.63, 3.8) is 0 Å². The summed E-state index contributed by atoms with van der Waals surface area (Å²) in [5, 5.41) is 3.38. The van der Waals surface area contributed by atoms with Crippen LogP contribution in [0.3, 0.4) is 0 Å². The normalized spacial score (nSPS) is 35.6. The Morgan fingerprint density at radius 1 is 1.27 bits per heavy atom. The van der Waals surface area contributed by atoms with Crippen molar-refractivity contribution in [2.45, 2.75) is 32.4 Å². The van der Waals surface area contributed by atoms with Crippen LogP contribution in [0.2, 0.25) is 0 Å². The third-order valence-electron chi connectivity index (χ3n) is 3.93. The molecule has 0 aromatic carbocycles. The van der Waals surface area contributed by atoms with Gasteiger partial charge in [-0.3, -0.25) is 0 Å². The standard InChI is InChI=1S/C12H23FN2/c1-10-4-7-15(9-12(10)13)8-11-2-5-14-6-3-11/h10-12,14H,2-9H2,1H3. The Kier molecular flexibility index (Phi) is 3.98. The lowest BCUT2D eigenvalue weighted by molar-refractivity contribution is 0.0773. The minimum Gasteiger partial charge on any atom is -0.317 e. The molecule has 2 heterocycles. The van der Waals surface area contributed by atoms with Gasteiger partial charge in [0.1, 0.15) is 6.17 Å². The number of nitrogens with one attached hydrogen (secondary N) is 1. The molecule has 0 saturated carbocycles. The van der Waals surface area contributed by atoms with Gasteiger partial charge in [0.2, 0.25) is 0 Å². The maximum absolute atomic E-state index is 13.5. The molecule has 2 fully saturated rings. The molecule has 2 nitrogen and oxygen atoms in total. The van der Waals surface area contributed by atoms with E-state index in [9.17, 15) is 4.39 Å². The molecule has 0 aliphatic carbocycles. The summed E-state index contributed by atoms with van der Waals surface area (Å²) in [4.78, 5) is 2.33. The lowest BCUT2D eigenvalue weighted by Crippen LogP contribution is -2.44. The Hall–Kier alpha value is -0.150. The first kappa shape index (κ1) is 11.3. The maximum Gasteiger partial charge on any atom is 0.115 e. The number of rotatable bonds is 2. The molecule has 2 unspecified atom stereocenters. The van der Waals surface area contributed by atoms with Crippen molar-refractivity contribution in [1.29, 1.82) is 0 Å². The van der Waals surface area contributed by atoms with Crippen molar-refractivity contribution in [3.8, 4) is 0 Å². The number of halogens is 1. The Labute approximate surface area is 92.2 Å². The maximum atomic E-state index is 13.5. The van der Waals surface area contributed by atoms with Gasteiger partial charge in [-0.15, -0.1) is 0 Å². The summed E-state index contributed by atoms with van der Waals surface area (Å²) in [5.74, 6) is 1.07. The zero-order valence-electron chi connectivity index (χ0n) is 9.71. The van der Waals surface area contributed by atoms with Crippen molar-refractivity contribution in [2.75, 3.05) is 32.7 Å². The molecule has 3 heteroatoms. The first-order valence-electron chi connectivity index (χ1n) is 6.33. The summed E-state index contributed by atoms with van der Waals surface area (Å²) in [6, 6.07) is 0. The Morgan fingerprint density at radius 3 is 2.67 bits per heavy atom. The van der Waals surface area contributed by atoms with E-state index in [1.165, 1.54) is 12.8 Å². The van der Waals surface area contributed by atoms with Crippen molar-refractivity contribution in [1.82, 2.24) is 10.2 Å². The van der Waals surface area contributed by atoms with Crippen molar-refractivity contribution in [3.05, 3.63) is 0 Å². The largest absolute Gasteiger partial charge is 0.317 e. The first-order chi connectivity index (χ1) is 7.25. The predicted octanol–water partition coefficient (Wildman–Crippen LogP) is 1.67. The van der Waals surface area contributed by atoms with E-state index < -0.39 is 6.17 Å². The van der Waals surface area contributed by atoms with E-state index in [2.05, 4.69) is 10.2 Å². The molecule has 0 aromatic heterocycles. The average Bonchev–Trinajstić information content (AvgIpc) is 2.25. The van der Waals surface area contributed by atoms with Crippen LogP contribution >= 0.6 is 0 Å². The Bertz CT molecular complexity index is 192. The van der Waals surface area contributed by atoms with Gasteiger partial charge in [0.05, 0.1) is 0 Å². The number of hydrogen-bond donors (Lipinski definition) is 1. The van der Waals surface area contributed by atoms with Crippen LogP contribution in [-0.2, 0) is 0 Å². The number of nitrogens with zero attached hydrogens (tertiary/aromatic N) is 1. The molecule has 0 spiro atoms. The summed E-state index contributed by atoms with van der Waals surface area (Å²) in [6.07, 6.45) is 2.97. The van der Waals surface area contributed by atoms with Crippen LogP contribution in [-0.4, -0.2) is 43.8 Å². The van der Waals surface area contributed by atoms with Crippen LogP contribution in [0.15, 0.2) is 0 Å². The lowest BCUT2D eigenvalue weighted by atomic mass is 9.93. The number of likely N-dealkylation sites (tertiary alicyclic amines) is 1. The summed E-state index contributed by atoms with van der Waals surface area (Å²) < 4.78 is 13.5. The molecule has 0 bridgehead atoms. The molecule has 0 radical (unpaired) electrons. The van der Waals surface area contributed by atoms with Crippen LogP contribution in [0, 0.1) is 11.8 Å². The second-order valence-corrected chi connectivity index (χ2v) is 5.23. The number of piperidine rings is 2. The van der Waals surface area contributed by atoms with E-state index in [-0.39, 0.29) is 5.92 Å². The van der Waals surface area contributed by atoms with E-state index in [1.54, 1.807) is 0 Å². The number of alkyl halides is 1. The SMILES string of the molecule is CC1CCN(CC2CCNCC2)CC1F. The summed E-state index contributed by atoms with van der Waals surface area (Å²) >= 11 is 0. The average molecular weight is 214 g/mol. The Balaban J connectivity index is 1.74. The molecule has 2 atom stereocenters. The first-order valence-corrected chi connectivity index (χ1v) is 6.33. The highest BCUT2D eigenvalue weighted by atomic mass is 19.1. The summed E-state index contributed by atoms with van der Waals surface area (Å²) in [7, 11) is 0. The minimum atomic E-state index is -0.597. The van der Waals surface area contributed by atoms with Crippen LogP contribution in [0.5, 0.6) is 0 Å². The van der Waals surface area contributed by atoms with Gasteiger partial charge in [0, 0.05) is 13.1 Å². The van der Waals surface area contributed by atoms with E-state index in [1.807, 2.05) is 6.92 Å². The molecule has 2 aliphatic rings. The van der Waals surface area contributed by atoms with Crippen LogP contribution in [0.4, 0.5) is 4.39 Å². The van der Waals surface area contributed by atoms with Gasteiger partial charge in [-0.1, -0.05) is 6.92 Å². The van der Waals surface area contributed by atoms with Crippen molar-refractivity contribution >= 4 is 0 Å². The fourth-order valence-corrected chi connectivity index (χ4v) is 2.68. The van der Waals surface area contributed by atoms with Gasteiger partial charge in [0.15, 0.2) is 0 Å². The fourth-order valence-electron chi connectivity index (χ4n) is 2.68. The predicted molar refractivity (Wildman–Crippen MR) is 60.7 cm³/mol. The molecule has 2 aliphatic heterocycles. The van der Waals surface area contributed by atoms with Gasteiger partial charge in [-0.25, -0.2) is 4.39 Å². The molecular formula is C12H23FN2. The molecular weight excluding hydrogens is 191 g/mol. The quantitative estimate of drug-likeness (QED) is 0.752. The Morgan fingerprint density at radius 2 is 2.00 bits per heavy atom. The van der Waals surface area contributed by atoms with Crippen LogP contribution in [0.1, 0.15) is 26.2 Å². The van der Waals surface area contributed by atoms with Gasteiger partial charge in [-0.2, -0.15) is 0 Å². The molecule has 0 aromatic rings. The monoisotopic (exact) mass is 214 g/mol. The van der Waals surface area contributed by atoms with Crippen molar-refractivity contribution < 1.29 is 4.39 Å². The second-order valence-electron chi connectivity index (χ2n) is 5.23. The number of hydrogen-bond acceptors (Lipinski definition) is 2. The zero-order valence-corrected chi connectivity index (χ0v) is 9.71. The molecule has 1 N–H and O–H groups in total. The zero-order chi connectivity index (χ0) is 10.7. The highest BCUT2D eigenvalue weighted by Crippen LogP contribution is 2.22. The third-order valence-corrected chi connectivity index (χ3v) is 3.93. The molecule has 2 saturated heterocycles. The molecule has 2 rings (SSSR count). The van der Waals surface area contributed by atoms with E-state index >= 15 is 0 Å². The fraction of sp³-hybridized carbons (Fsp3) is 1.00. The topological polar surface area (TPSA) is 15.3 Å². The van der Waals surface area contributed by atoms with E-state index in [0.29, 0.717) is 6.54 Å². The summed E-state index contributed by atoms with van der Waals surface area (Å²) in [5.41, 5.74) is 0. The van der Waals surface area contributed by atoms with Gasteiger partial charge in [-0.05, 0) is 50.7 Å². The lowest BCUT2D eigenvalue weighted by Gasteiger charge is -2.36. The smallest absolute Gasteiger partial charge is 0.115 e. The van der Waals surface area contributed by atoms with Crippen LogP contribution < -0.4 is 5.32 Å². The highest BCUT2D eigenvalue weighted by Gasteiger charge is 2.27. The third kappa shape index (κ3) is 3.15. The minimum absolute atomic E-state index is 0.272. The highest BCUT2D eigenvalue weighted by molar-refractivity contribution is 4.80. The van der Waals surface area contributed by atoms with Crippen molar-refractivity contribution in [2.24, 2.45) is 11.8 Å². The van der Waals surface area contributed by atoms with E-state index in [0.717, 1.165) is 38.5 Å². The summed E-state index contributed by atoms with van der Waals surface area (Å²) in [6.45, 7) is 7.22. The van der Waals surface area contributed by atoms with Gasteiger partial charge in [0.25, 0.3) is 0 Å².